The van der Waals surface area contributed by atoms with Gasteiger partial charge >= 0.3 is 0 Å². The zero-order valence-electron chi connectivity index (χ0n) is 15.4. The number of hydrogen-bond acceptors (Lipinski definition) is 4. The van der Waals surface area contributed by atoms with E-state index >= 15 is 0 Å². The summed E-state index contributed by atoms with van der Waals surface area (Å²) < 4.78 is 24.8. The van der Waals surface area contributed by atoms with Crippen LogP contribution in [0, 0.1) is 0 Å². The van der Waals surface area contributed by atoms with E-state index in [0.29, 0.717) is 19.5 Å². The Hall–Kier alpha value is -1.25. The largest absolute Gasteiger partial charge is 0.357 e. The number of rotatable bonds is 11. The van der Waals surface area contributed by atoms with Crippen molar-refractivity contribution in [2.45, 2.75) is 25.2 Å². The van der Waals surface area contributed by atoms with Gasteiger partial charge in [-0.2, -0.15) is 0 Å². The van der Waals surface area contributed by atoms with Gasteiger partial charge in [0.2, 0.25) is 10.0 Å². The summed E-state index contributed by atoms with van der Waals surface area (Å²) in [5, 5.41) is 6.52. The van der Waals surface area contributed by atoms with Crippen molar-refractivity contribution in [2.24, 2.45) is 4.99 Å². The van der Waals surface area contributed by atoms with Crippen LogP contribution in [0.2, 0.25) is 0 Å². The van der Waals surface area contributed by atoms with Gasteiger partial charge in [0.15, 0.2) is 5.96 Å². The van der Waals surface area contributed by atoms with Crippen molar-refractivity contribution in [3.63, 3.8) is 0 Å². The molecule has 1 rings (SSSR count). The van der Waals surface area contributed by atoms with E-state index < -0.39 is 10.0 Å². The maximum absolute atomic E-state index is 11.7. The first kappa shape index (κ1) is 21.8. The van der Waals surface area contributed by atoms with Gasteiger partial charge in [0, 0.05) is 43.9 Å². The molecule has 0 aliphatic carbocycles. The minimum absolute atomic E-state index is 0.135. The first-order chi connectivity index (χ1) is 12.0. The highest BCUT2D eigenvalue weighted by Gasteiger charge is 2.13. The summed E-state index contributed by atoms with van der Waals surface area (Å²) >= 11 is 1.80. The smallest absolute Gasteiger partial charge is 0.213 e. The van der Waals surface area contributed by atoms with Crippen LogP contribution in [0.15, 0.2) is 40.2 Å². The molecule has 6 nitrogen and oxygen atoms in total. The Labute approximate surface area is 156 Å². The highest BCUT2D eigenvalue weighted by atomic mass is 32.2. The number of nitrogens with zero attached hydrogens (tertiary/aromatic N) is 2. The van der Waals surface area contributed by atoms with Gasteiger partial charge in [-0.3, -0.25) is 4.99 Å². The van der Waals surface area contributed by atoms with E-state index in [1.807, 2.05) is 25.1 Å². The van der Waals surface area contributed by atoms with Gasteiger partial charge < -0.3 is 10.6 Å². The highest BCUT2D eigenvalue weighted by Crippen LogP contribution is 2.15. The highest BCUT2D eigenvalue weighted by molar-refractivity contribution is 7.99. The standard InChI is InChI=1S/C17H30N4O2S2/c1-4-18-17(19-12-9-14-21(3)25(22,23)5-2)20-13-15-24-16-10-7-6-8-11-16/h6-8,10-11H,4-5,9,12-15H2,1-3H3,(H2,18,19,20). The van der Waals surface area contributed by atoms with Crippen LogP contribution in [0.25, 0.3) is 0 Å². The summed E-state index contributed by atoms with van der Waals surface area (Å²) in [6.45, 7) is 6.37. The number of thioether (sulfide) groups is 1. The van der Waals surface area contributed by atoms with Crippen LogP contribution < -0.4 is 10.6 Å². The molecule has 2 N–H and O–H groups in total. The number of sulfonamides is 1. The summed E-state index contributed by atoms with van der Waals surface area (Å²) in [4.78, 5) is 5.76. The molecule has 0 aliphatic heterocycles. The summed E-state index contributed by atoms with van der Waals surface area (Å²) in [5.41, 5.74) is 0. The van der Waals surface area contributed by atoms with E-state index in [0.717, 1.165) is 24.8 Å². The first-order valence-corrected chi connectivity index (χ1v) is 11.2. The van der Waals surface area contributed by atoms with Crippen LogP contribution in [0.4, 0.5) is 0 Å². The van der Waals surface area contributed by atoms with E-state index in [1.54, 1.807) is 25.7 Å². The van der Waals surface area contributed by atoms with Gasteiger partial charge in [0.1, 0.15) is 0 Å². The fourth-order valence-corrected chi connectivity index (χ4v) is 3.68. The average Bonchev–Trinajstić information content (AvgIpc) is 2.62. The maximum atomic E-state index is 11.7. The lowest BCUT2D eigenvalue weighted by molar-refractivity contribution is 0.465. The van der Waals surface area contributed by atoms with Crippen molar-refractivity contribution in [3.8, 4) is 0 Å². The molecule has 8 heteroatoms. The van der Waals surface area contributed by atoms with Crippen molar-refractivity contribution in [3.05, 3.63) is 30.3 Å². The van der Waals surface area contributed by atoms with Gasteiger partial charge in [0.05, 0.1) is 5.75 Å². The fraction of sp³-hybridized carbons (Fsp3) is 0.588. The Morgan fingerprint density at radius 2 is 1.92 bits per heavy atom. The topological polar surface area (TPSA) is 73.8 Å². The summed E-state index contributed by atoms with van der Waals surface area (Å²) in [6, 6.07) is 10.3. The monoisotopic (exact) mass is 386 g/mol. The zero-order chi connectivity index (χ0) is 18.5. The number of guanidine groups is 1. The molecule has 25 heavy (non-hydrogen) atoms. The van der Waals surface area contributed by atoms with Crippen LogP contribution in [-0.2, 0) is 10.0 Å². The molecule has 0 spiro atoms. The SMILES string of the molecule is CCNC(=NCCCN(C)S(=O)(=O)CC)NCCSc1ccccc1. The Morgan fingerprint density at radius 3 is 2.56 bits per heavy atom. The lowest BCUT2D eigenvalue weighted by Crippen LogP contribution is -2.38. The lowest BCUT2D eigenvalue weighted by atomic mass is 10.4. The fourth-order valence-electron chi connectivity index (χ4n) is 2.04. The number of aliphatic imine (C=N–C) groups is 1. The van der Waals surface area contributed by atoms with Crippen LogP contribution in [0.1, 0.15) is 20.3 Å². The van der Waals surface area contributed by atoms with Crippen LogP contribution >= 0.6 is 11.8 Å². The molecule has 0 saturated heterocycles. The normalized spacial score (nSPS) is 12.4. The Morgan fingerprint density at radius 1 is 1.20 bits per heavy atom. The minimum Gasteiger partial charge on any atom is -0.357 e. The number of hydrogen-bond donors (Lipinski definition) is 2. The molecular formula is C17H30N4O2S2. The average molecular weight is 387 g/mol. The molecular weight excluding hydrogens is 356 g/mol. The molecule has 0 unspecified atom stereocenters. The molecule has 1 aromatic carbocycles. The Balaban J connectivity index is 2.31. The molecule has 0 saturated carbocycles. The lowest BCUT2D eigenvalue weighted by Gasteiger charge is -2.15. The Bertz CT molecular complexity index is 606. The van der Waals surface area contributed by atoms with Crippen molar-refractivity contribution in [2.75, 3.05) is 44.7 Å². The second kappa shape index (κ2) is 12.2. The van der Waals surface area contributed by atoms with E-state index in [2.05, 4.69) is 27.8 Å². The molecule has 0 amide bonds. The van der Waals surface area contributed by atoms with E-state index in [-0.39, 0.29) is 5.75 Å². The summed E-state index contributed by atoms with van der Waals surface area (Å²) in [6.07, 6.45) is 0.699. The molecule has 0 aliphatic rings. The molecule has 0 atom stereocenters. The van der Waals surface area contributed by atoms with E-state index in [4.69, 9.17) is 0 Å². The zero-order valence-corrected chi connectivity index (χ0v) is 17.0. The quantitative estimate of drug-likeness (QED) is 0.263. The number of benzene rings is 1. The van der Waals surface area contributed by atoms with Crippen LogP contribution in [0.3, 0.4) is 0 Å². The molecule has 0 fully saturated rings. The van der Waals surface area contributed by atoms with E-state index in [9.17, 15) is 8.42 Å². The maximum Gasteiger partial charge on any atom is 0.213 e. The van der Waals surface area contributed by atoms with Gasteiger partial charge in [-0.1, -0.05) is 18.2 Å². The second-order valence-electron chi connectivity index (χ2n) is 5.42. The first-order valence-electron chi connectivity index (χ1n) is 8.63. The molecule has 1 aromatic rings. The molecule has 0 bridgehead atoms. The van der Waals surface area contributed by atoms with Crippen molar-refractivity contribution in [1.29, 1.82) is 0 Å². The Kier molecular flexibility index (Phi) is 10.6. The molecule has 0 radical (unpaired) electrons. The molecule has 0 heterocycles. The predicted molar refractivity (Wildman–Crippen MR) is 108 cm³/mol. The molecule has 0 aromatic heterocycles. The summed E-state index contributed by atoms with van der Waals surface area (Å²) in [5.74, 6) is 1.86. The van der Waals surface area contributed by atoms with Gasteiger partial charge in [-0.25, -0.2) is 12.7 Å². The van der Waals surface area contributed by atoms with Gasteiger partial charge in [-0.15, -0.1) is 11.8 Å². The second-order valence-corrected chi connectivity index (χ2v) is 8.96. The predicted octanol–water partition coefficient (Wildman–Crippen LogP) is 2.01. The third-order valence-electron chi connectivity index (χ3n) is 3.49. The van der Waals surface area contributed by atoms with Crippen molar-refractivity contribution in [1.82, 2.24) is 14.9 Å². The third kappa shape index (κ3) is 9.13. The third-order valence-corrected chi connectivity index (χ3v) is 6.37. The summed E-state index contributed by atoms with van der Waals surface area (Å²) in [7, 11) is -1.48. The van der Waals surface area contributed by atoms with Crippen LogP contribution in [-0.4, -0.2) is 63.4 Å². The van der Waals surface area contributed by atoms with Crippen molar-refractivity contribution < 1.29 is 8.42 Å². The van der Waals surface area contributed by atoms with Crippen molar-refractivity contribution >= 4 is 27.7 Å². The molecule has 142 valence electrons. The minimum atomic E-state index is -3.10. The number of nitrogens with one attached hydrogen (secondary N) is 2. The van der Waals surface area contributed by atoms with Crippen LogP contribution in [0.5, 0.6) is 0 Å². The van der Waals surface area contributed by atoms with Gasteiger partial charge in [0.25, 0.3) is 0 Å². The van der Waals surface area contributed by atoms with Gasteiger partial charge in [-0.05, 0) is 32.4 Å². The van der Waals surface area contributed by atoms with E-state index in [1.165, 1.54) is 9.20 Å².